The van der Waals surface area contributed by atoms with E-state index in [2.05, 4.69) is 5.32 Å². The molecule has 3 heteroatoms. The van der Waals surface area contributed by atoms with Gasteiger partial charge in [-0.2, -0.15) is 0 Å². The molecule has 0 aliphatic rings. The zero-order valence-corrected chi connectivity index (χ0v) is 9.52. The first kappa shape index (κ1) is 11.3. The van der Waals surface area contributed by atoms with Crippen LogP contribution in [0.1, 0.15) is 17.3 Å². The summed E-state index contributed by atoms with van der Waals surface area (Å²) in [6, 6.07) is 7.58. The Bertz CT molecular complexity index is 308. The number of thioether (sulfide) groups is 1. The second-order valence-corrected chi connectivity index (χ2v) is 3.98. The van der Waals surface area contributed by atoms with Gasteiger partial charge in [-0.1, -0.05) is 12.1 Å². The minimum Gasteiger partial charge on any atom is -0.310 e. The number of carbonyl (C=O) groups is 1. The molecule has 0 aliphatic carbocycles. The van der Waals surface area contributed by atoms with Gasteiger partial charge >= 0.3 is 0 Å². The van der Waals surface area contributed by atoms with Crippen LogP contribution in [0.15, 0.2) is 29.2 Å². The summed E-state index contributed by atoms with van der Waals surface area (Å²) in [5, 5.41) is 2.94. The molecule has 0 radical (unpaired) electrons. The van der Waals surface area contributed by atoms with Gasteiger partial charge in [0.1, 0.15) is 0 Å². The number of Topliss-reactive ketones (excluding diaryl/α,β-unsaturated/α-hetero) is 1. The van der Waals surface area contributed by atoms with Gasteiger partial charge in [-0.05, 0) is 32.4 Å². The average molecular weight is 209 g/mol. The Balaban J connectivity index is 2.81. The summed E-state index contributed by atoms with van der Waals surface area (Å²) in [7, 11) is 1.79. The standard InChI is InChI=1S/C11H15NOS/c1-8(12-2)11(13)9-4-6-10(14-3)7-5-9/h4-8,12H,1-3H3. The number of rotatable bonds is 4. The van der Waals surface area contributed by atoms with Gasteiger partial charge in [-0.3, -0.25) is 4.79 Å². The van der Waals surface area contributed by atoms with E-state index in [9.17, 15) is 4.79 Å². The van der Waals surface area contributed by atoms with Gasteiger partial charge in [-0.15, -0.1) is 11.8 Å². The van der Waals surface area contributed by atoms with Crippen LogP contribution in [0.5, 0.6) is 0 Å². The molecule has 14 heavy (non-hydrogen) atoms. The molecule has 1 aromatic rings. The highest BCUT2D eigenvalue weighted by molar-refractivity contribution is 7.98. The maximum absolute atomic E-state index is 11.7. The summed E-state index contributed by atoms with van der Waals surface area (Å²) in [4.78, 5) is 12.9. The van der Waals surface area contributed by atoms with E-state index in [0.29, 0.717) is 0 Å². The number of nitrogens with one attached hydrogen (secondary N) is 1. The van der Waals surface area contributed by atoms with Crippen molar-refractivity contribution in [2.45, 2.75) is 17.9 Å². The van der Waals surface area contributed by atoms with Crippen LogP contribution in [-0.2, 0) is 0 Å². The third kappa shape index (κ3) is 2.59. The number of hydrogen-bond acceptors (Lipinski definition) is 3. The van der Waals surface area contributed by atoms with Crippen LogP contribution >= 0.6 is 11.8 Å². The smallest absolute Gasteiger partial charge is 0.179 e. The lowest BCUT2D eigenvalue weighted by Crippen LogP contribution is -2.30. The fourth-order valence-electron chi connectivity index (χ4n) is 1.14. The van der Waals surface area contributed by atoms with Crippen LogP contribution in [0.3, 0.4) is 0 Å². The zero-order valence-electron chi connectivity index (χ0n) is 8.70. The van der Waals surface area contributed by atoms with Gasteiger partial charge < -0.3 is 5.32 Å². The maximum atomic E-state index is 11.7. The lowest BCUT2D eigenvalue weighted by atomic mass is 10.1. The summed E-state index contributed by atoms with van der Waals surface area (Å²) in [6.07, 6.45) is 2.02. The van der Waals surface area contributed by atoms with E-state index in [0.717, 1.165) is 5.56 Å². The second kappa shape index (κ2) is 5.17. The second-order valence-electron chi connectivity index (χ2n) is 3.10. The maximum Gasteiger partial charge on any atom is 0.179 e. The van der Waals surface area contributed by atoms with Crippen LogP contribution in [0.4, 0.5) is 0 Å². The van der Waals surface area contributed by atoms with Gasteiger partial charge in [0, 0.05) is 10.5 Å². The van der Waals surface area contributed by atoms with Crippen LogP contribution < -0.4 is 5.32 Å². The van der Waals surface area contributed by atoms with E-state index >= 15 is 0 Å². The first-order chi connectivity index (χ1) is 6.69. The topological polar surface area (TPSA) is 29.1 Å². The molecule has 0 heterocycles. The molecule has 1 N–H and O–H groups in total. The first-order valence-electron chi connectivity index (χ1n) is 4.54. The van der Waals surface area contributed by atoms with E-state index in [1.54, 1.807) is 18.8 Å². The number of hydrogen-bond donors (Lipinski definition) is 1. The minimum atomic E-state index is -0.116. The van der Waals surface area contributed by atoms with Crippen molar-refractivity contribution in [1.29, 1.82) is 0 Å². The molecule has 1 aromatic carbocycles. The summed E-state index contributed by atoms with van der Waals surface area (Å²) in [6.45, 7) is 1.87. The molecule has 0 amide bonds. The Labute approximate surface area is 89.1 Å². The predicted molar refractivity (Wildman–Crippen MR) is 61.1 cm³/mol. The quantitative estimate of drug-likeness (QED) is 0.609. The molecule has 0 saturated heterocycles. The molecule has 0 spiro atoms. The third-order valence-electron chi connectivity index (χ3n) is 2.20. The molecule has 0 saturated carbocycles. The molecule has 0 fully saturated rings. The highest BCUT2D eigenvalue weighted by Gasteiger charge is 2.12. The fourth-order valence-corrected chi connectivity index (χ4v) is 1.54. The zero-order chi connectivity index (χ0) is 10.6. The van der Waals surface area contributed by atoms with Crippen LogP contribution in [0.2, 0.25) is 0 Å². The largest absolute Gasteiger partial charge is 0.310 e. The Hall–Kier alpha value is -0.800. The number of benzene rings is 1. The summed E-state index contributed by atoms with van der Waals surface area (Å²) >= 11 is 1.68. The van der Waals surface area contributed by atoms with Crippen LogP contribution in [0.25, 0.3) is 0 Å². The summed E-state index contributed by atoms with van der Waals surface area (Å²) < 4.78 is 0. The van der Waals surface area contributed by atoms with Crippen molar-refractivity contribution in [3.05, 3.63) is 29.8 Å². The number of likely N-dealkylation sites (N-methyl/N-ethyl adjacent to an activating group) is 1. The van der Waals surface area contributed by atoms with Crippen LogP contribution in [-0.4, -0.2) is 25.1 Å². The Morgan fingerprint density at radius 1 is 1.36 bits per heavy atom. The summed E-state index contributed by atoms with van der Waals surface area (Å²) in [5.74, 6) is 0.139. The fraction of sp³-hybridized carbons (Fsp3) is 0.364. The molecule has 76 valence electrons. The van der Waals surface area contributed by atoms with Crippen molar-refractivity contribution in [2.75, 3.05) is 13.3 Å². The SMILES string of the molecule is CNC(C)C(=O)c1ccc(SC)cc1. The van der Waals surface area contributed by atoms with Gasteiger partial charge in [-0.25, -0.2) is 0 Å². The van der Waals surface area contributed by atoms with Gasteiger partial charge in [0.2, 0.25) is 0 Å². The number of ketones is 1. The van der Waals surface area contributed by atoms with Crippen LogP contribution in [0, 0.1) is 0 Å². The van der Waals surface area contributed by atoms with E-state index < -0.39 is 0 Å². The molecular formula is C11H15NOS. The Kier molecular flexibility index (Phi) is 4.17. The van der Waals surface area contributed by atoms with Crippen molar-refractivity contribution in [2.24, 2.45) is 0 Å². The molecule has 1 rings (SSSR count). The molecule has 0 aromatic heterocycles. The molecule has 0 bridgehead atoms. The first-order valence-corrected chi connectivity index (χ1v) is 5.77. The van der Waals surface area contributed by atoms with Crippen molar-refractivity contribution >= 4 is 17.5 Å². The normalized spacial score (nSPS) is 12.5. The van der Waals surface area contributed by atoms with E-state index in [-0.39, 0.29) is 11.8 Å². The third-order valence-corrected chi connectivity index (χ3v) is 2.94. The Morgan fingerprint density at radius 2 is 1.93 bits per heavy atom. The van der Waals surface area contributed by atoms with Crippen molar-refractivity contribution in [1.82, 2.24) is 5.32 Å². The van der Waals surface area contributed by atoms with Crippen molar-refractivity contribution < 1.29 is 4.79 Å². The molecule has 1 atom stereocenters. The molecule has 1 unspecified atom stereocenters. The van der Waals surface area contributed by atoms with Crippen molar-refractivity contribution in [3.8, 4) is 0 Å². The minimum absolute atomic E-state index is 0.116. The van der Waals surface area contributed by atoms with Gasteiger partial charge in [0.05, 0.1) is 6.04 Å². The Morgan fingerprint density at radius 3 is 2.36 bits per heavy atom. The van der Waals surface area contributed by atoms with E-state index in [1.807, 2.05) is 37.4 Å². The highest BCUT2D eigenvalue weighted by atomic mass is 32.2. The predicted octanol–water partition coefficient (Wildman–Crippen LogP) is 2.20. The van der Waals surface area contributed by atoms with E-state index in [4.69, 9.17) is 0 Å². The lowest BCUT2D eigenvalue weighted by molar-refractivity contribution is 0.0955. The molecule has 2 nitrogen and oxygen atoms in total. The monoisotopic (exact) mass is 209 g/mol. The number of carbonyl (C=O) groups excluding carboxylic acids is 1. The summed E-state index contributed by atoms with van der Waals surface area (Å²) in [5.41, 5.74) is 0.768. The molecular weight excluding hydrogens is 194 g/mol. The average Bonchev–Trinajstić information content (AvgIpc) is 2.27. The van der Waals surface area contributed by atoms with Gasteiger partial charge in [0.15, 0.2) is 5.78 Å². The van der Waals surface area contributed by atoms with E-state index in [1.165, 1.54) is 4.90 Å². The van der Waals surface area contributed by atoms with Crippen molar-refractivity contribution in [3.63, 3.8) is 0 Å². The van der Waals surface area contributed by atoms with Gasteiger partial charge in [0.25, 0.3) is 0 Å². The highest BCUT2D eigenvalue weighted by Crippen LogP contribution is 2.15. The lowest BCUT2D eigenvalue weighted by Gasteiger charge is -2.08. The molecule has 0 aliphatic heterocycles.